The molecule has 1 heterocycles. The van der Waals surface area contributed by atoms with Crippen LogP contribution >= 0.6 is 11.3 Å². The van der Waals surface area contributed by atoms with Gasteiger partial charge in [0.15, 0.2) is 0 Å². The minimum absolute atomic E-state index is 0.0303. The molecule has 0 fully saturated rings. The minimum Gasteiger partial charge on any atom is -0.394 e. The van der Waals surface area contributed by atoms with E-state index in [4.69, 9.17) is 0 Å². The number of nitrogens with zero attached hydrogens (tertiary/aromatic N) is 2. The van der Waals surface area contributed by atoms with E-state index < -0.39 is 0 Å². The Morgan fingerprint density at radius 2 is 2.00 bits per heavy atom. The molecule has 120 valence electrons. The molecule has 0 saturated carbocycles. The summed E-state index contributed by atoms with van der Waals surface area (Å²) in [6.07, 6.45) is 0.747. The molecule has 0 spiro atoms. The van der Waals surface area contributed by atoms with Gasteiger partial charge < -0.3 is 15.7 Å². The Bertz CT molecular complexity index is 454. The van der Waals surface area contributed by atoms with Crippen LogP contribution in [0.25, 0.3) is 0 Å². The van der Waals surface area contributed by atoms with Crippen molar-refractivity contribution in [1.82, 2.24) is 20.8 Å². The van der Waals surface area contributed by atoms with Crippen molar-refractivity contribution >= 4 is 17.4 Å². The number of nitrogens with one attached hydrogen (secondary N) is 2. The SMILES string of the molecule is CC(C)C[C@@H](CO)NC(=O)NCc1nnc(C(C)(C)C)s1. The molecule has 0 aliphatic carbocycles. The van der Waals surface area contributed by atoms with Crippen LogP contribution in [0.3, 0.4) is 0 Å². The average Bonchev–Trinajstić information content (AvgIpc) is 2.83. The number of hydrogen-bond acceptors (Lipinski definition) is 5. The number of aliphatic hydroxyl groups is 1. The first-order chi connectivity index (χ1) is 9.72. The highest BCUT2D eigenvalue weighted by Crippen LogP contribution is 2.25. The molecule has 0 aliphatic rings. The largest absolute Gasteiger partial charge is 0.394 e. The zero-order valence-corrected chi connectivity index (χ0v) is 14.3. The number of aliphatic hydroxyl groups excluding tert-OH is 1. The number of amides is 2. The molecule has 21 heavy (non-hydrogen) atoms. The molecule has 0 radical (unpaired) electrons. The van der Waals surface area contributed by atoms with Gasteiger partial charge >= 0.3 is 6.03 Å². The van der Waals surface area contributed by atoms with Gasteiger partial charge in [-0.25, -0.2) is 4.79 Å². The highest BCUT2D eigenvalue weighted by atomic mass is 32.1. The predicted molar refractivity (Wildman–Crippen MR) is 84.3 cm³/mol. The summed E-state index contributed by atoms with van der Waals surface area (Å²) in [6, 6.07) is -0.508. The van der Waals surface area contributed by atoms with Gasteiger partial charge in [0.1, 0.15) is 10.0 Å². The van der Waals surface area contributed by atoms with E-state index in [1.807, 2.05) is 0 Å². The first-order valence-corrected chi connectivity index (χ1v) is 8.02. The summed E-state index contributed by atoms with van der Waals surface area (Å²) in [6.45, 7) is 10.6. The summed E-state index contributed by atoms with van der Waals surface area (Å²) in [5, 5.41) is 24.7. The molecule has 2 amide bonds. The van der Waals surface area contributed by atoms with Crippen molar-refractivity contribution in [1.29, 1.82) is 0 Å². The van der Waals surface area contributed by atoms with Crippen molar-refractivity contribution in [3.63, 3.8) is 0 Å². The smallest absolute Gasteiger partial charge is 0.315 e. The van der Waals surface area contributed by atoms with E-state index in [-0.39, 0.29) is 24.1 Å². The van der Waals surface area contributed by atoms with Gasteiger partial charge in [0.2, 0.25) is 0 Å². The van der Waals surface area contributed by atoms with Crippen molar-refractivity contribution in [2.45, 2.75) is 59.0 Å². The Hall–Kier alpha value is -1.21. The van der Waals surface area contributed by atoms with E-state index in [0.29, 0.717) is 12.5 Å². The van der Waals surface area contributed by atoms with Crippen molar-refractivity contribution in [2.24, 2.45) is 5.92 Å². The van der Waals surface area contributed by atoms with E-state index in [1.54, 1.807) is 0 Å². The van der Waals surface area contributed by atoms with Gasteiger partial charge in [0.05, 0.1) is 19.2 Å². The number of hydrogen-bond donors (Lipinski definition) is 3. The lowest BCUT2D eigenvalue weighted by Gasteiger charge is -2.18. The molecule has 3 N–H and O–H groups in total. The second-order valence-electron chi connectivity index (χ2n) is 6.59. The van der Waals surface area contributed by atoms with Crippen LogP contribution in [-0.2, 0) is 12.0 Å². The van der Waals surface area contributed by atoms with Gasteiger partial charge in [0, 0.05) is 5.41 Å². The van der Waals surface area contributed by atoms with E-state index in [1.165, 1.54) is 11.3 Å². The Balaban J connectivity index is 2.44. The summed E-state index contributed by atoms with van der Waals surface area (Å²) in [5.41, 5.74) is -0.0303. The van der Waals surface area contributed by atoms with Crippen LogP contribution in [0, 0.1) is 5.92 Å². The quantitative estimate of drug-likeness (QED) is 0.750. The summed E-state index contributed by atoms with van der Waals surface area (Å²) in [4.78, 5) is 11.8. The molecule has 0 saturated heterocycles. The van der Waals surface area contributed by atoms with Crippen LogP contribution in [0.1, 0.15) is 51.1 Å². The molecular weight excluding hydrogens is 288 g/mol. The van der Waals surface area contributed by atoms with Crippen LogP contribution in [0.5, 0.6) is 0 Å². The van der Waals surface area contributed by atoms with Crippen molar-refractivity contribution in [2.75, 3.05) is 6.61 Å². The zero-order chi connectivity index (χ0) is 16.0. The Morgan fingerprint density at radius 1 is 1.33 bits per heavy atom. The summed E-state index contributed by atoms with van der Waals surface area (Å²) >= 11 is 1.50. The second-order valence-corrected chi connectivity index (χ2v) is 7.65. The predicted octanol–water partition coefficient (Wildman–Crippen LogP) is 2.04. The Kier molecular flexibility index (Phi) is 6.54. The average molecular weight is 314 g/mol. The molecule has 6 nitrogen and oxygen atoms in total. The highest BCUT2D eigenvalue weighted by molar-refractivity contribution is 7.11. The highest BCUT2D eigenvalue weighted by Gasteiger charge is 2.19. The fraction of sp³-hybridized carbons (Fsp3) is 0.786. The van der Waals surface area contributed by atoms with Gasteiger partial charge in [0.25, 0.3) is 0 Å². The molecule has 0 unspecified atom stereocenters. The van der Waals surface area contributed by atoms with Crippen LogP contribution in [0.4, 0.5) is 4.79 Å². The van der Waals surface area contributed by atoms with Gasteiger partial charge in [-0.2, -0.15) is 0 Å². The standard InChI is InChI=1S/C14H26N4O2S/c1-9(2)6-10(8-19)16-13(20)15-7-11-17-18-12(21-11)14(3,4)5/h9-10,19H,6-8H2,1-5H3,(H2,15,16,20)/t10-/m0/s1. The maximum atomic E-state index is 11.8. The van der Waals surface area contributed by atoms with Crippen molar-refractivity contribution in [3.05, 3.63) is 10.0 Å². The lowest BCUT2D eigenvalue weighted by Crippen LogP contribution is -2.44. The normalized spacial score (nSPS) is 13.3. The third-order valence-electron chi connectivity index (χ3n) is 2.82. The third-order valence-corrected chi connectivity index (χ3v) is 4.17. The van der Waals surface area contributed by atoms with E-state index in [0.717, 1.165) is 16.4 Å². The maximum Gasteiger partial charge on any atom is 0.315 e. The van der Waals surface area contributed by atoms with Crippen LogP contribution in [0.15, 0.2) is 0 Å². The topological polar surface area (TPSA) is 87.1 Å². The van der Waals surface area contributed by atoms with Gasteiger partial charge in [-0.1, -0.05) is 46.0 Å². The van der Waals surface area contributed by atoms with Gasteiger partial charge in [-0.05, 0) is 12.3 Å². The fourth-order valence-corrected chi connectivity index (χ4v) is 2.61. The number of carbonyl (C=O) groups excluding carboxylic acids is 1. The molecule has 0 aromatic carbocycles. The van der Waals surface area contributed by atoms with Crippen LogP contribution in [-0.4, -0.2) is 34.0 Å². The number of rotatable bonds is 6. The summed E-state index contributed by atoms with van der Waals surface area (Å²) in [5.74, 6) is 0.417. The fourth-order valence-electron chi connectivity index (χ4n) is 1.77. The Morgan fingerprint density at radius 3 is 2.48 bits per heavy atom. The molecular formula is C14H26N4O2S. The van der Waals surface area contributed by atoms with E-state index in [9.17, 15) is 9.90 Å². The lowest BCUT2D eigenvalue weighted by molar-refractivity contribution is 0.206. The van der Waals surface area contributed by atoms with Crippen LogP contribution in [0.2, 0.25) is 0 Å². The third kappa shape index (κ3) is 6.39. The summed E-state index contributed by atoms with van der Waals surface area (Å²) in [7, 11) is 0. The zero-order valence-electron chi connectivity index (χ0n) is 13.4. The minimum atomic E-state index is -0.290. The lowest BCUT2D eigenvalue weighted by atomic mass is 9.98. The van der Waals surface area contributed by atoms with E-state index in [2.05, 4.69) is 55.4 Å². The molecule has 1 atom stereocenters. The number of carbonyl (C=O) groups is 1. The van der Waals surface area contributed by atoms with Gasteiger partial charge in [-0.3, -0.25) is 0 Å². The molecule has 1 aromatic heterocycles. The van der Waals surface area contributed by atoms with Crippen LogP contribution < -0.4 is 10.6 Å². The Labute approximate surface area is 130 Å². The first kappa shape index (κ1) is 17.8. The van der Waals surface area contributed by atoms with Crippen molar-refractivity contribution in [3.8, 4) is 0 Å². The number of urea groups is 1. The first-order valence-electron chi connectivity index (χ1n) is 7.20. The molecule has 7 heteroatoms. The number of aromatic nitrogens is 2. The molecule has 0 bridgehead atoms. The van der Waals surface area contributed by atoms with Crippen molar-refractivity contribution < 1.29 is 9.90 Å². The molecule has 1 rings (SSSR count). The molecule has 1 aromatic rings. The molecule has 0 aliphatic heterocycles. The second kappa shape index (κ2) is 7.70. The monoisotopic (exact) mass is 314 g/mol. The van der Waals surface area contributed by atoms with Gasteiger partial charge in [-0.15, -0.1) is 10.2 Å². The van der Waals surface area contributed by atoms with E-state index >= 15 is 0 Å². The summed E-state index contributed by atoms with van der Waals surface area (Å²) < 4.78 is 0. The maximum absolute atomic E-state index is 11.8.